The van der Waals surface area contributed by atoms with Crippen LogP contribution in [0.3, 0.4) is 0 Å². The van der Waals surface area contributed by atoms with Crippen molar-refractivity contribution in [1.82, 2.24) is 0 Å². The highest BCUT2D eigenvalue weighted by atomic mass is 31.2. The van der Waals surface area contributed by atoms with Crippen molar-refractivity contribution in [3.63, 3.8) is 0 Å². The molecule has 0 radical (unpaired) electrons. The first kappa shape index (κ1) is 32.1. The van der Waals surface area contributed by atoms with E-state index in [1.54, 1.807) is 0 Å². The Balaban J connectivity index is 2.22. The molecule has 1 fully saturated rings. The third-order valence-corrected chi connectivity index (χ3v) is 6.55. The molecular weight excluding hydrogens is 487 g/mol. The van der Waals surface area contributed by atoms with Gasteiger partial charge < -0.3 is 40.3 Å². The number of aliphatic hydroxyl groups excluding tert-OH is 6. The summed E-state index contributed by atoms with van der Waals surface area (Å²) in [5.74, 6) is -0.523. The fourth-order valence-corrected chi connectivity index (χ4v) is 4.44. The molecule has 1 saturated carbocycles. The van der Waals surface area contributed by atoms with Gasteiger partial charge in [-0.25, -0.2) is 4.57 Å². The molecule has 0 aromatic heterocycles. The second kappa shape index (κ2) is 16.8. The van der Waals surface area contributed by atoms with Crippen LogP contribution in [0.5, 0.6) is 0 Å². The zero-order valence-corrected chi connectivity index (χ0v) is 21.0. The molecular formula is C22H41O12P. The number of phosphoric ester groups is 1. The van der Waals surface area contributed by atoms with E-state index in [1.807, 2.05) is 0 Å². The highest BCUT2D eigenvalue weighted by Gasteiger charge is 2.51. The molecule has 0 spiro atoms. The number of phosphoric acid groups is 1. The summed E-state index contributed by atoms with van der Waals surface area (Å²) in [6.45, 7) is 0.875. The summed E-state index contributed by atoms with van der Waals surface area (Å²) in [4.78, 5) is 21.5. The van der Waals surface area contributed by atoms with Crippen LogP contribution in [0.15, 0.2) is 12.2 Å². The summed E-state index contributed by atoms with van der Waals surface area (Å²) < 4.78 is 26.2. The third-order valence-electron chi connectivity index (χ3n) is 5.57. The smallest absolute Gasteiger partial charge is 0.463 e. The molecule has 35 heavy (non-hydrogen) atoms. The maximum Gasteiger partial charge on any atom is 0.472 e. The van der Waals surface area contributed by atoms with Crippen molar-refractivity contribution in [1.29, 1.82) is 0 Å². The minimum atomic E-state index is -4.98. The van der Waals surface area contributed by atoms with Crippen molar-refractivity contribution < 1.29 is 58.7 Å². The molecule has 0 heterocycles. The Bertz CT molecular complexity index is 659. The lowest BCUT2D eigenvalue weighted by molar-refractivity contribution is -0.220. The molecule has 0 aromatic carbocycles. The molecule has 0 aromatic rings. The number of carbonyl (C=O) groups excluding carboxylic acids is 1. The van der Waals surface area contributed by atoms with Crippen LogP contribution in [-0.2, 0) is 23.1 Å². The number of rotatable bonds is 17. The number of unbranched alkanes of at least 4 members (excludes halogenated alkanes) is 6. The molecule has 0 bridgehead atoms. The van der Waals surface area contributed by atoms with Gasteiger partial charge in [-0.15, -0.1) is 0 Å². The van der Waals surface area contributed by atoms with Gasteiger partial charge in [-0.3, -0.25) is 13.8 Å². The van der Waals surface area contributed by atoms with Crippen molar-refractivity contribution in [3.8, 4) is 0 Å². The van der Waals surface area contributed by atoms with E-state index in [0.29, 0.717) is 6.42 Å². The zero-order chi connectivity index (χ0) is 26.4. The van der Waals surface area contributed by atoms with Gasteiger partial charge in [0, 0.05) is 6.42 Å². The number of aliphatic hydroxyl groups is 6. The predicted molar refractivity (Wildman–Crippen MR) is 124 cm³/mol. The minimum absolute atomic E-state index is 0.180. The standard InChI is InChI=1S/C22H41O12P/c1-2-3-4-5-6-7-8-9-10-11-12-16(24)32-13-15(23)14-33-35(30,31)34-22-20(28)18(26)17(25)19(27)21(22)29/h4-5,15,17-23,25-29H,2-3,6-14H2,1H3,(H,30,31)/b5-4-. The van der Waals surface area contributed by atoms with Crippen LogP contribution in [0.4, 0.5) is 0 Å². The van der Waals surface area contributed by atoms with E-state index in [-0.39, 0.29) is 6.42 Å². The highest BCUT2D eigenvalue weighted by molar-refractivity contribution is 7.47. The van der Waals surface area contributed by atoms with Gasteiger partial charge in [0.1, 0.15) is 49.3 Å². The lowest BCUT2D eigenvalue weighted by Gasteiger charge is -2.41. The number of ether oxygens (including phenoxy) is 1. The fraction of sp³-hybridized carbons (Fsp3) is 0.864. The average Bonchev–Trinajstić information content (AvgIpc) is 2.83. The highest BCUT2D eigenvalue weighted by Crippen LogP contribution is 2.47. The van der Waals surface area contributed by atoms with Gasteiger partial charge in [-0.2, -0.15) is 0 Å². The van der Waals surface area contributed by atoms with E-state index in [0.717, 1.165) is 44.9 Å². The lowest BCUT2D eigenvalue weighted by Crippen LogP contribution is -2.64. The van der Waals surface area contributed by atoms with Crippen LogP contribution in [0, 0.1) is 0 Å². The van der Waals surface area contributed by atoms with Crippen LogP contribution in [0.1, 0.15) is 64.7 Å². The molecule has 1 rings (SSSR count). The van der Waals surface area contributed by atoms with E-state index in [1.165, 1.54) is 0 Å². The van der Waals surface area contributed by atoms with Crippen LogP contribution in [0.2, 0.25) is 0 Å². The largest absolute Gasteiger partial charge is 0.472 e. The first-order chi connectivity index (χ1) is 16.5. The number of hydrogen-bond donors (Lipinski definition) is 7. The van der Waals surface area contributed by atoms with Crippen LogP contribution in [-0.4, -0.2) is 97.4 Å². The summed E-state index contributed by atoms with van der Waals surface area (Å²) >= 11 is 0. The van der Waals surface area contributed by atoms with Gasteiger partial charge in [-0.1, -0.05) is 44.8 Å². The summed E-state index contributed by atoms with van der Waals surface area (Å²) in [6.07, 6.45) is -0.598. The summed E-state index contributed by atoms with van der Waals surface area (Å²) in [5, 5.41) is 58.3. The van der Waals surface area contributed by atoms with E-state index in [9.17, 15) is 44.9 Å². The van der Waals surface area contributed by atoms with E-state index in [2.05, 4.69) is 28.1 Å². The Morgan fingerprint density at radius 2 is 1.40 bits per heavy atom. The van der Waals surface area contributed by atoms with Crippen molar-refractivity contribution in [2.24, 2.45) is 0 Å². The fourth-order valence-electron chi connectivity index (χ4n) is 3.46. The molecule has 0 saturated heterocycles. The van der Waals surface area contributed by atoms with Crippen molar-refractivity contribution in [3.05, 3.63) is 12.2 Å². The average molecular weight is 529 g/mol. The quantitative estimate of drug-likeness (QED) is 0.0589. The first-order valence-electron chi connectivity index (χ1n) is 12.0. The number of hydrogen-bond acceptors (Lipinski definition) is 11. The van der Waals surface area contributed by atoms with Gasteiger partial charge >= 0.3 is 13.8 Å². The van der Waals surface area contributed by atoms with Crippen molar-refractivity contribution in [2.75, 3.05) is 13.2 Å². The summed E-state index contributed by atoms with van der Waals surface area (Å²) in [5.41, 5.74) is 0. The Hall–Kier alpha value is -0.920. The molecule has 6 atom stereocenters. The van der Waals surface area contributed by atoms with Crippen LogP contribution >= 0.6 is 7.82 Å². The summed E-state index contributed by atoms with van der Waals surface area (Å²) in [6, 6.07) is 0. The van der Waals surface area contributed by atoms with Crippen LogP contribution in [0.25, 0.3) is 0 Å². The van der Waals surface area contributed by atoms with Crippen molar-refractivity contribution >= 4 is 13.8 Å². The second-order valence-corrected chi connectivity index (χ2v) is 10.1. The SMILES string of the molecule is CCC/C=C\CCCCCCCC(=O)OCC(O)COP(=O)(O)OC1C(O)C(O)C(O)C(O)C1O. The van der Waals surface area contributed by atoms with Gasteiger partial charge in [0.05, 0.1) is 6.61 Å². The van der Waals surface area contributed by atoms with Gasteiger partial charge in [0.15, 0.2) is 0 Å². The number of allylic oxidation sites excluding steroid dienone is 2. The van der Waals surface area contributed by atoms with E-state index in [4.69, 9.17) is 4.74 Å². The molecule has 1 aliphatic rings. The Morgan fingerprint density at radius 3 is 2.03 bits per heavy atom. The third kappa shape index (κ3) is 12.2. The van der Waals surface area contributed by atoms with E-state index >= 15 is 0 Å². The van der Waals surface area contributed by atoms with Crippen LogP contribution < -0.4 is 0 Å². The van der Waals surface area contributed by atoms with Gasteiger partial charge in [-0.05, 0) is 25.7 Å². The molecule has 0 amide bonds. The molecule has 6 unspecified atom stereocenters. The number of esters is 1. The maximum atomic E-state index is 12.1. The first-order valence-corrected chi connectivity index (χ1v) is 13.5. The van der Waals surface area contributed by atoms with Gasteiger partial charge in [0.25, 0.3) is 0 Å². The number of carbonyl (C=O) groups is 1. The maximum absolute atomic E-state index is 12.1. The van der Waals surface area contributed by atoms with Gasteiger partial charge in [0.2, 0.25) is 0 Å². The Morgan fingerprint density at radius 1 is 0.857 bits per heavy atom. The Labute approximate surface area is 205 Å². The summed E-state index contributed by atoms with van der Waals surface area (Å²) in [7, 11) is -4.98. The lowest BCUT2D eigenvalue weighted by atomic mass is 9.85. The molecule has 1 aliphatic carbocycles. The monoisotopic (exact) mass is 528 g/mol. The normalized spacial score (nSPS) is 29.7. The van der Waals surface area contributed by atoms with E-state index < -0.39 is 69.7 Å². The Kier molecular flexibility index (Phi) is 15.4. The zero-order valence-electron chi connectivity index (χ0n) is 20.1. The molecule has 206 valence electrons. The molecule has 13 heteroatoms. The molecule has 12 nitrogen and oxygen atoms in total. The second-order valence-electron chi connectivity index (χ2n) is 8.69. The molecule has 7 N–H and O–H groups in total. The topological polar surface area (TPSA) is 203 Å². The predicted octanol–water partition coefficient (Wildman–Crippen LogP) is 0.298. The minimum Gasteiger partial charge on any atom is -0.463 e. The molecule has 0 aliphatic heterocycles. The van der Waals surface area contributed by atoms with Crippen molar-refractivity contribution in [2.45, 2.75) is 107 Å².